The third-order valence-electron chi connectivity index (χ3n) is 5.08. The summed E-state index contributed by atoms with van der Waals surface area (Å²) in [4.78, 5) is 9.23. The molecule has 6 heteroatoms. The summed E-state index contributed by atoms with van der Waals surface area (Å²) in [5, 5.41) is 6.78. The highest BCUT2D eigenvalue weighted by Crippen LogP contribution is 2.33. The van der Waals surface area contributed by atoms with Gasteiger partial charge in [-0.1, -0.05) is 35.9 Å². The maximum atomic E-state index is 6.13. The average molecular weight is 508 g/mol. The molecule has 2 heterocycles. The smallest absolute Gasteiger partial charge is 0.191 e. The number of nitrogens with one attached hydrogen (secondary N) is 2. The number of hydrogen-bond donors (Lipinski definition) is 2. The third kappa shape index (κ3) is 7.59. The molecule has 1 aromatic carbocycles. The third-order valence-corrected chi connectivity index (χ3v) is 5.08. The normalized spacial score (nSPS) is 19.3. The number of guanidine groups is 1. The van der Waals surface area contributed by atoms with Crippen molar-refractivity contribution in [1.82, 2.24) is 15.6 Å². The lowest BCUT2D eigenvalue weighted by molar-refractivity contribution is -0.0250. The minimum atomic E-state index is 0. The van der Waals surface area contributed by atoms with E-state index >= 15 is 0 Å². The Morgan fingerprint density at radius 2 is 2.00 bits per heavy atom. The maximum absolute atomic E-state index is 6.13. The van der Waals surface area contributed by atoms with Crippen LogP contribution in [-0.2, 0) is 11.2 Å². The monoisotopic (exact) mass is 508 g/mol. The van der Waals surface area contributed by atoms with Crippen LogP contribution in [0.15, 0.2) is 53.7 Å². The van der Waals surface area contributed by atoms with Crippen LogP contribution in [0.3, 0.4) is 0 Å². The minimum Gasteiger partial charge on any atom is -0.373 e. The van der Waals surface area contributed by atoms with Crippen LogP contribution in [0.4, 0.5) is 0 Å². The molecule has 0 bridgehead atoms. The second-order valence-electron chi connectivity index (χ2n) is 7.32. The van der Waals surface area contributed by atoms with Gasteiger partial charge in [-0.25, -0.2) is 0 Å². The standard InChI is InChI=1S/C23H32N4O.HI/c1-3-24-23(26-15-13-21-8-4-5-14-25-21)27-17-20-7-6-16-28-22(20)19-11-9-18(2)10-12-19;/h4-5,8-12,14,20,22H,3,6-7,13,15-17H2,1-2H3,(H2,24,26,27);1H. The molecule has 0 aliphatic carbocycles. The molecule has 1 aromatic heterocycles. The van der Waals surface area contributed by atoms with Crippen molar-refractivity contribution in [1.29, 1.82) is 0 Å². The number of aryl methyl sites for hydroxylation is 1. The fourth-order valence-corrected chi connectivity index (χ4v) is 3.56. The van der Waals surface area contributed by atoms with Gasteiger partial charge in [-0.15, -0.1) is 24.0 Å². The van der Waals surface area contributed by atoms with Gasteiger partial charge in [0.1, 0.15) is 0 Å². The Morgan fingerprint density at radius 1 is 1.17 bits per heavy atom. The lowest BCUT2D eigenvalue weighted by Gasteiger charge is -2.31. The number of rotatable bonds is 7. The van der Waals surface area contributed by atoms with Gasteiger partial charge >= 0.3 is 0 Å². The lowest BCUT2D eigenvalue weighted by atomic mass is 9.89. The predicted octanol–water partition coefficient (Wildman–Crippen LogP) is 4.27. The summed E-state index contributed by atoms with van der Waals surface area (Å²) < 4.78 is 6.13. The molecule has 0 radical (unpaired) electrons. The molecule has 2 aromatic rings. The Morgan fingerprint density at radius 3 is 2.72 bits per heavy atom. The quantitative estimate of drug-likeness (QED) is 0.333. The van der Waals surface area contributed by atoms with Crippen molar-refractivity contribution in [2.45, 2.75) is 39.2 Å². The van der Waals surface area contributed by atoms with Gasteiger partial charge in [0.2, 0.25) is 0 Å². The Hall–Kier alpha value is -1.67. The van der Waals surface area contributed by atoms with Gasteiger partial charge in [0, 0.05) is 50.5 Å². The molecule has 1 aliphatic heterocycles. The summed E-state index contributed by atoms with van der Waals surface area (Å²) in [6, 6.07) is 14.7. The van der Waals surface area contributed by atoms with E-state index in [1.165, 1.54) is 11.1 Å². The van der Waals surface area contributed by atoms with Crippen LogP contribution in [-0.4, -0.2) is 37.2 Å². The van der Waals surface area contributed by atoms with E-state index in [0.717, 1.165) is 57.2 Å². The van der Waals surface area contributed by atoms with E-state index in [1.54, 1.807) is 0 Å². The van der Waals surface area contributed by atoms with Crippen LogP contribution in [0.1, 0.15) is 42.7 Å². The molecular formula is C23H33IN4O. The number of pyridine rings is 1. The summed E-state index contributed by atoms with van der Waals surface area (Å²) >= 11 is 0. The number of halogens is 1. The summed E-state index contributed by atoms with van der Waals surface area (Å²) in [7, 11) is 0. The molecule has 1 aliphatic rings. The molecule has 2 atom stereocenters. The van der Waals surface area contributed by atoms with E-state index in [-0.39, 0.29) is 30.1 Å². The van der Waals surface area contributed by atoms with E-state index < -0.39 is 0 Å². The topological polar surface area (TPSA) is 58.5 Å². The number of hydrogen-bond acceptors (Lipinski definition) is 3. The van der Waals surface area contributed by atoms with Crippen molar-refractivity contribution < 1.29 is 4.74 Å². The minimum absolute atomic E-state index is 0. The van der Waals surface area contributed by atoms with Crippen LogP contribution in [0.25, 0.3) is 0 Å². The molecule has 5 nitrogen and oxygen atoms in total. The Kier molecular flexibility index (Phi) is 10.4. The van der Waals surface area contributed by atoms with Crippen molar-refractivity contribution in [3.63, 3.8) is 0 Å². The van der Waals surface area contributed by atoms with Crippen LogP contribution in [0, 0.1) is 12.8 Å². The number of nitrogens with zero attached hydrogens (tertiary/aromatic N) is 2. The van der Waals surface area contributed by atoms with Gasteiger partial charge < -0.3 is 15.4 Å². The van der Waals surface area contributed by atoms with Crippen molar-refractivity contribution >= 4 is 29.9 Å². The van der Waals surface area contributed by atoms with Crippen LogP contribution < -0.4 is 10.6 Å². The highest BCUT2D eigenvalue weighted by Gasteiger charge is 2.27. The van der Waals surface area contributed by atoms with Gasteiger partial charge in [0.15, 0.2) is 5.96 Å². The number of aromatic nitrogens is 1. The van der Waals surface area contributed by atoms with E-state index in [0.29, 0.717) is 5.92 Å². The SMILES string of the molecule is CCNC(=NCC1CCCOC1c1ccc(C)cc1)NCCc1ccccn1.I. The van der Waals surface area contributed by atoms with E-state index in [2.05, 4.69) is 59.8 Å². The molecule has 29 heavy (non-hydrogen) atoms. The van der Waals surface area contributed by atoms with Gasteiger partial charge in [-0.05, 0) is 44.4 Å². The molecule has 2 unspecified atom stereocenters. The fraction of sp³-hybridized carbons (Fsp3) is 0.478. The highest BCUT2D eigenvalue weighted by molar-refractivity contribution is 14.0. The Balaban J connectivity index is 0.00000300. The summed E-state index contributed by atoms with van der Waals surface area (Å²) in [6.45, 7) is 7.46. The molecule has 0 amide bonds. The molecule has 1 saturated heterocycles. The first-order chi connectivity index (χ1) is 13.8. The number of benzene rings is 1. The van der Waals surface area contributed by atoms with Gasteiger partial charge in [0.25, 0.3) is 0 Å². The second kappa shape index (κ2) is 12.8. The first-order valence-corrected chi connectivity index (χ1v) is 10.4. The predicted molar refractivity (Wildman–Crippen MR) is 130 cm³/mol. The first-order valence-electron chi connectivity index (χ1n) is 10.4. The zero-order valence-electron chi connectivity index (χ0n) is 17.4. The second-order valence-corrected chi connectivity index (χ2v) is 7.32. The first kappa shape index (κ1) is 23.6. The van der Waals surface area contributed by atoms with Crippen LogP contribution in [0.5, 0.6) is 0 Å². The van der Waals surface area contributed by atoms with Crippen molar-refractivity contribution in [2.24, 2.45) is 10.9 Å². The summed E-state index contributed by atoms with van der Waals surface area (Å²) in [5.41, 5.74) is 3.63. The van der Waals surface area contributed by atoms with Gasteiger partial charge in [-0.3, -0.25) is 9.98 Å². The molecule has 2 N–H and O–H groups in total. The molecule has 0 saturated carbocycles. The molecule has 0 spiro atoms. The maximum Gasteiger partial charge on any atom is 0.191 e. The zero-order chi connectivity index (χ0) is 19.6. The van der Waals surface area contributed by atoms with Crippen LogP contribution >= 0.6 is 24.0 Å². The summed E-state index contributed by atoms with van der Waals surface area (Å²) in [6.07, 6.45) is 5.10. The van der Waals surface area contributed by atoms with E-state index in [1.807, 2.05) is 18.3 Å². The molecule has 158 valence electrons. The fourth-order valence-electron chi connectivity index (χ4n) is 3.56. The largest absolute Gasteiger partial charge is 0.373 e. The van der Waals surface area contributed by atoms with Crippen LogP contribution in [0.2, 0.25) is 0 Å². The number of ether oxygens (including phenoxy) is 1. The highest BCUT2D eigenvalue weighted by atomic mass is 127. The van der Waals surface area contributed by atoms with Gasteiger partial charge in [-0.2, -0.15) is 0 Å². The molecule has 3 rings (SSSR count). The van der Waals surface area contributed by atoms with E-state index in [4.69, 9.17) is 9.73 Å². The zero-order valence-corrected chi connectivity index (χ0v) is 19.8. The Bertz CT molecular complexity index is 736. The van der Waals surface area contributed by atoms with Gasteiger partial charge in [0.05, 0.1) is 6.10 Å². The average Bonchev–Trinajstić information content (AvgIpc) is 2.74. The van der Waals surface area contributed by atoms with Crippen molar-refractivity contribution in [3.05, 3.63) is 65.5 Å². The number of aliphatic imine (C=N–C) groups is 1. The molecular weight excluding hydrogens is 475 g/mol. The summed E-state index contributed by atoms with van der Waals surface area (Å²) in [5.74, 6) is 1.27. The Labute approximate surface area is 191 Å². The van der Waals surface area contributed by atoms with Crippen molar-refractivity contribution in [3.8, 4) is 0 Å². The van der Waals surface area contributed by atoms with E-state index in [9.17, 15) is 0 Å². The van der Waals surface area contributed by atoms with Crippen molar-refractivity contribution in [2.75, 3.05) is 26.2 Å². The molecule has 1 fully saturated rings. The lowest BCUT2D eigenvalue weighted by Crippen LogP contribution is -2.39.